The van der Waals surface area contributed by atoms with Crippen LogP contribution in [0.3, 0.4) is 0 Å². The van der Waals surface area contributed by atoms with E-state index in [1.165, 1.54) is 7.11 Å². The molecule has 2 aliphatic rings. The van der Waals surface area contributed by atoms with E-state index in [9.17, 15) is 5.11 Å². The molecule has 6 nitrogen and oxygen atoms in total. The first-order valence-corrected chi connectivity index (χ1v) is 5.38. The van der Waals surface area contributed by atoms with Gasteiger partial charge in [-0.1, -0.05) is 0 Å². The van der Waals surface area contributed by atoms with Gasteiger partial charge in [0, 0.05) is 7.11 Å². The van der Waals surface area contributed by atoms with E-state index in [1.807, 2.05) is 0 Å². The summed E-state index contributed by atoms with van der Waals surface area (Å²) in [6.45, 7) is 3.95. The molecule has 0 aromatic rings. The van der Waals surface area contributed by atoms with Crippen LogP contribution in [0.15, 0.2) is 0 Å². The molecule has 0 spiro atoms. The number of hydrogen-bond donors (Lipinski definition) is 2. The van der Waals surface area contributed by atoms with Crippen molar-refractivity contribution in [2.45, 2.75) is 50.3 Å². The molecule has 0 aromatic heterocycles. The zero-order chi connectivity index (χ0) is 11.9. The fraction of sp³-hybridized carbons (Fsp3) is 1.00. The van der Waals surface area contributed by atoms with Crippen molar-refractivity contribution in [2.24, 2.45) is 5.73 Å². The quantitative estimate of drug-likeness (QED) is 0.617. The van der Waals surface area contributed by atoms with Gasteiger partial charge in [-0.05, 0) is 13.8 Å². The normalized spacial score (nSPS) is 47.4. The van der Waals surface area contributed by atoms with Gasteiger partial charge in [0.25, 0.3) is 0 Å². The average Bonchev–Trinajstić information content (AvgIpc) is 2.23. The van der Waals surface area contributed by atoms with Gasteiger partial charge < -0.3 is 29.8 Å². The summed E-state index contributed by atoms with van der Waals surface area (Å²) < 4.78 is 21.7. The van der Waals surface area contributed by atoms with Crippen LogP contribution in [-0.2, 0) is 18.9 Å². The zero-order valence-corrected chi connectivity index (χ0v) is 9.75. The SMILES string of the molecule is CO[C@@H]1OC2COC(C)(C)O[C@H]2C(O)C1N. The highest BCUT2D eigenvalue weighted by atomic mass is 16.8. The van der Waals surface area contributed by atoms with Crippen LogP contribution in [0.4, 0.5) is 0 Å². The summed E-state index contributed by atoms with van der Waals surface area (Å²) in [5.41, 5.74) is 5.81. The average molecular weight is 233 g/mol. The molecule has 0 saturated carbocycles. The number of ether oxygens (including phenoxy) is 4. The second-order valence-electron chi connectivity index (χ2n) is 4.64. The number of fused-ring (bicyclic) bond motifs is 1. The minimum atomic E-state index is -0.813. The Hall–Kier alpha value is -0.240. The van der Waals surface area contributed by atoms with Gasteiger partial charge in [-0.15, -0.1) is 0 Å². The number of hydrogen-bond acceptors (Lipinski definition) is 6. The molecule has 3 unspecified atom stereocenters. The van der Waals surface area contributed by atoms with E-state index in [2.05, 4.69) is 0 Å². The molecule has 2 fully saturated rings. The maximum Gasteiger partial charge on any atom is 0.175 e. The van der Waals surface area contributed by atoms with Crippen LogP contribution < -0.4 is 5.73 Å². The van der Waals surface area contributed by atoms with E-state index >= 15 is 0 Å². The Balaban J connectivity index is 2.11. The van der Waals surface area contributed by atoms with Crippen molar-refractivity contribution >= 4 is 0 Å². The third-order valence-electron chi connectivity index (χ3n) is 2.97. The van der Waals surface area contributed by atoms with Gasteiger partial charge >= 0.3 is 0 Å². The lowest BCUT2D eigenvalue weighted by Crippen LogP contribution is -2.66. The summed E-state index contributed by atoms with van der Waals surface area (Å²) >= 11 is 0. The smallest absolute Gasteiger partial charge is 0.175 e. The molecule has 0 aliphatic carbocycles. The Morgan fingerprint density at radius 3 is 2.75 bits per heavy atom. The number of methoxy groups -OCH3 is 1. The molecule has 6 heteroatoms. The van der Waals surface area contributed by atoms with Crippen LogP contribution in [0, 0.1) is 0 Å². The molecule has 0 aromatic carbocycles. The zero-order valence-electron chi connectivity index (χ0n) is 9.75. The monoisotopic (exact) mass is 233 g/mol. The van der Waals surface area contributed by atoms with Gasteiger partial charge in [-0.3, -0.25) is 0 Å². The van der Waals surface area contributed by atoms with Crippen LogP contribution in [0.5, 0.6) is 0 Å². The lowest BCUT2D eigenvalue weighted by Gasteiger charge is -2.48. The first-order chi connectivity index (χ1) is 7.44. The second-order valence-corrected chi connectivity index (χ2v) is 4.64. The molecule has 2 heterocycles. The molecule has 94 valence electrons. The van der Waals surface area contributed by atoms with Crippen molar-refractivity contribution in [2.75, 3.05) is 13.7 Å². The van der Waals surface area contributed by atoms with Crippen molar-refractivity contribution in [3.63, 3.8) is 0 Å². The Morgan fingerprint density at radius 1 is 1.44 bits per heavy atom. The van der Waals surface area contributed by atoms with Gasteiger partial charge in [-0.25, -0.2) is 0 Å². The van der Waals surface area contributed by atoms with Gasteiger partial charge in [0.15, 0.2) is 12.1 Å². The maximum atomic E-state index is 10.0. The van der Waals surface area contributed by atoms with Crippen LogP contribution in [0.1, 0.15) is 13.8 Å². The molecule has 0 bridgehead atoms. The molecule has 16 heavy (non-hydrogen) atoms. The Labute approximate surface area is 94.6 Å². The molecule has 0 amide bonds. The summed E-state index contributed by atoms with van der Waals surface area (Å²) in [4.78, 5) is 0. The van der Waals surface area contributed by atoms with Gasteiger partial charge in [-0.2, -0.15) is 0 Å². The van der Waals surface area contributed by atoms with E-state index in [0.717, 1.165) is 0 Å². The van der Waals surface area contributed by atoms with Crippen LogP contribution in [0.2, 0.25) is 0 Å². The van der Waals surface area contributed by atoms with E-state index in [0.29, 0.717) is 6.61 Å². The molecule has 2 rings (SSSR count). The number of rotatable bonds is 1. The summed E-state index contributed by atoms with van der Waals surface area (Å²) in [6, 6.07) is -0.611. The third-order valence-corrected chi connectivity index (χ3v) is 2.97. The van der Waals surface area contributed by atoms with E-state index in [1.54, 1.807) is 13.8 Å². The van der Waals surface area contributed by atoms with Gasteiger partial charge in [0.2, 0.25) is 0 Å². The minimum Gasteiger partial charge on any atom is -0.388 e. The molecular weight excluding hydrogens is 214 g/mol. The summed E-state index contributed by atoms with van der Waals surface area (Å²) in [5.74, 6) is -0.717. The predicted molar refractivity (Wildman–Crippen MR) is 54.6 cm³/mol. The Morgan fingerprint density at radius 2 is 2.12 bits per heavy atom. The highest BCUT2D eigenvalue weighted by Crippen LogP contribution is 2.31. The van der Waals surface area contributed by atoms with Crippen molar-refractivity contribution < 1.29 is 24.1 Å². The highest BCUT2D eigenvalue weighted by molar-refractivity contribution is 4.95. The van der Waals surface area contributed by atoms with Crippen molar-refractivity contribution in [1.29, 1.82) is 0 Å². The molecule has 5 atom stereocenters. The number of aliphatic hydroxyl groups excluding tert-OH is 1. The topological polar surface area (TPSA) is 83.2 Å². The van der Waals surface area contributed by atoms with Crippen LogP contribution in [0.25, 0.3) is 0 Å². The molecular formula is C10H19NO5. The first-order valence-electron chi connectivity index (χ1n) is 5.38. The maximum absolute atomic E-state index is 10.0. The molecule has 2 saturated heterocycles. The molecule has 0 radical (unpaired) electrons. The number of nitrogens with two attached hydrogens (primary N) is 1. The van der Waals surface area contributed by atoms with Crippen molar-refractivity contribution in [3.8, 4) is 0 Å². The minimum absolute atomic E-state index is 0.340. The summed E-state index contributed by atoms with van der Waals surface area (Å²) in [7, 11) is 1.49. The van der Waals surface area contributed by atoms with Crippen molar-refractivity contribution in [1.82, 2.24) is 0 Å². The molecule has 2 aliphatic heterocycles. The van der Waals surface area contributed by atoms with E-state index in [4.69, 9.17) is 24.7 Å². The van der Waals surface area contributed by atoms with Gasteiger partial charge in [0.1, 0.15) is 18.3 Å². The second kappa shape index (κ2) is 4.21. The fourth-order valence-electron chi connectivity index (χ4n) is 2.08. The summed E-state index contributed by atoms with van der Waals surface area (Å²) in [6.07, 6.45) is -2.24. The molecule has 3 N–H and O–H groups in total. The lowest BCUT2D eigenvalue weighted by molar-refractivity contribution is -0.365. The van der Waals surface area contributed by atoms with Crippen LogP contribution in [-0.4, -0.2) is 55.3 Å². The van der Waals surface area contributed by atoms with E-state index in [-0.39, 0.29) is 6.10 Å². The third kappa shape index (κ3) is 2.09. The first kappa shape index (κ1) is 12.2. The Kier molecular flexibility index (Phi) is 3.22. The Bertz CT molecular complexity index is 258. The lowest BCUT2D eigenvalue weighted by atomic mass is 9.96. The van der Waals surface area contributed by atoms with Crippen LogP contribution >= 0.6 is 0 Å². The van der Waals surface area contributed by atoms with Gasteiger partial charge in [0.05, 0.1) is 12.6 Å². The summed E-state index contributed by atoms with van der Waals surface area (Å²) in [5, 5.41) is 10.0. The fourth-order valence-corrected chi connectivity index (χ4v) is 2.08. The largest absolute Gasteiger partial charge is 0.388 e. The predicted octanol–water partition coefficient (Wildman–Crippen LogP) is -0.803. The standard InChI is InChI=1S/C10H19NO5/c1-10(2)14-4-5-8(16-10)7(12)6(11)9(13-3)15-5/h5-9,12H,4,11H2,1-3H3/t5?,6?,7?,8-,9-/m1/s1. The highest BCUT2D eigenvalue weighted by Gasteiger charge is 2.49. The van der Waals surface area contributed by atoms with Crippen molar-refractivity contribution in [3.05, 3.63) is 0 Å². The van der Waals surface area contributed by atoms with E-state index < -0.39 is 30.3 Å². The number of aliphatic hydroxyl groups is 1.